The summed E-state index contributed by atoms with van der Waals surface area (Å²) in [7, 11) is 0. The summed E-state index contributed by atoms with van der Waals surface area (Å²) in [5.41, 5.74) is 9.84. The number of benzene rings is 1. The second-order valence-electron chi connectivity index (χ2n) is 2.72. The van der Waals surface area contributed by atoms with Crippen LogP contribution in [-0.4, -0.2) is 6.54 Å². The Kier molecular flexibility index (Phi) is 4.33. The summed E-state index contributed by atoms with van der Waals surface area (Å²) in [6.07, 6.45) is 0.409. The predicted octanol–water partition coefficient (Wildman–Crippen LogP) is 2.41. The molecule has 0 radical (unpaired) electrons. The second-order valence-corrected chi connectivity index (χ2v) is 2.72. The maximum Gasteiger partial charge on any atom is 0.0880 e. The van der Waals surface area contributed by atoms with Gasteiger partial charge >= 0.3 is 0 Å². The highest BCUT2D eigenvalue weighted by Gasteiger charge is 1.90. The Morgan fingerprint density at radius 1 is 1.33 bits per heavy atom. The molecule has 0 aromatic heterocycles. The van der Waals surface area contributed by atoms with Gasteiger partial charge in [0.05, 0.1) is 19.0 Å². The van der Waals surface area contributed by atoms with E-state index in [9.17, 15) is 0 Å². The monoisotopic (exact) mass is 196 g/mol. The number of azide groups is 1. The van der Waals surface area contributed by atoms with Crippen LogP contribution in [0.4, 0.5) is 0 Å². The minimum absolute atomic E-state index is 0.177. The summed E-state index contributed by atoms with van der Waals surface area (Å²) in [5.74, 6) is 5.57. The van der Waals surface area contributed by atoms with Gasteiger partial charge in [0.2, 0.25) is 0 Å². The smallest absolute Gasteiger partial charge is 0.0880 e. The van der Waals surface area contributed by atoms with Crippen molar-refractivity contribution in [1.29, 1.82) is 5.26 Å². The lowest BCUT2D eigenvalue weighted by Crippen LogP contribution is -1.81. The highest BCUT2D eigenvalue weighted by molar-refractivity contribution is 5.36. The SMILES string of the molecule is N#CCc1ccc(C#CCN=[N+]=[N-])cc1. The van der Waals surface area contributed by atoms with Crippen LogP contribution >= 0.6 is 0 Å². The molecule has 0 saturated carbocycles. The van der Waals surface area contributed by atoms with E-state index in [-0.39, 0.29) is 6.54 Å². The van der Waals surface area contributed by atoms with Gasteiger partial charge in [-0.25, -0.2) is 0 Å². The molecule has 0 fully saturated rings. The average Bonchev–Trinajstić information content (AvgIpc) is 2.27. The molecule has 0 N–H and O–H groups in total. The summed E-state index contributed by atoms with van der Waals surface area (Å²) in [4.78, 5) is 2.59. The number of nitrogens with zero attached hydrogens (tertiary/aromatic N) is 4. The first kappa shape index (κ1) is 10.7. The predicted molar refractivity (Wildman–Crippen MR) is 56.7 cm³/mol. The zero-order chi connectivity index (χ0) is 10.9. The lowest BCUT2D eigenvalue weighted by Gasteiger charge is -1.93. The number of nitriles is 1. The summed E-state index contributed by atoms with van der Waals surface area (Å²) in [5, 5.41) is 11.8. The largest absolute Gasteiger partial charge is 0.198 e. The molecule has 1 aromatic rings. The van der Waals surface area contributed by atoms with Gasteiger partial charge < -0.3 is 0 Å². The fraction of sp³-hybridized carbons (Fsp3) is 0.182. The molecule has 0 aliphatic rings. The van der Waals surface area contributed by atoms with Gasteiger partial charge in [-0.15, -0.1) is 0 Å². The molecule has 0 aliphatic carbocycles. The minimum atomic E-state index is 0.177. The van der Waals surface area contributed by atoms with E-state index in [1.54, 1.807) is 0 Å². The van der Waals surface area contributed by atoms with Crippen LogP contribution in [0, 0.1) is 23.2 Å². The van der Waals surface area contributed by atoms with Crippen molar-refractivity contribution in [3.8, 4) is 17.9 Å². The van der Waals surface area contributed by atoms with E-state index in [4.69, 9.17) is 10.8 Å². The Hall–Kier alpha value is -2.42. The molecule has 4 heteroatoms. The third-order valence-corrected chi connectivity index (χ3v) is 1.68. The Bertz CT molecular complexity index is 464. The molecule has 0 spiro atoms. The molecule has 1 aromatic carbocycles. The topological polar surface area (TPSA) is 72.5 Å². The molecule has 4 nitrogen and oxygen atoms in total. The lowest BCUT2D eigenvalue weighted by atomic mass is 10.1. The Balaban J connectivity index is 2.67. The van der Waals surface area contributed by atoms with E-state index in [2.05, 4.69) is 27.9 Å². The first-order valence-electron chi connectivity index (χ1n) is 4.32. The van der Waals surface area contributed by atoms with Crippen molar-refractivity contribution < 1.29 is 0 Å². The van der Waals surface area contributed by atoms with Crippen LogP contribution in [-0.2, 0) is 6.42 Å². The normalized spacial score (nSPS) is 7.93. The first-order valence-corrected chi connectivity index (χ1v) is 4.32. The fourth-order valence-electron chi connectivity index (χ4n) is 1.01. The van der Waals surface area contributed by atoms with Crippen LogP contribution in [0.1, 0.15) is 11.1 Å². The fourth-order valence-corrected chi connectivity index (χ4v) is 1.01. The van der Waals surface area contributed by atoms with Crippen LogP contribution in [0.2, 0.25) is 0 Å². The van der Waals surface area contributed by atoms with Crippen molar-refractivity contribution in [2.75, 3.05) is 6.54 Å². The van der Waals surface area contributed by atoms with Crippen molar-refractivity contribution in [2.45, 2.75) is 6.42 Å². The van der Waals surface area contributed by atoms with Gasteiger partial charge in [-0.05, 0) is 23.2 Å². The standard InChI is InChI=1S/C11H8N4/c12-8-7-11-5-3-10(4-6-11)2-1-9-14-15-13/h3-6H,7,9H2. The zero-order valence-electron chi connectivity index (χ0n) is 8.01. The van der Waals surface area contributed by atoms with Crippen molar-refractivity contribution in [2.24, 2.45) is 5.11 Å². The molecular formula is C11H8N4. The van der Waals surface area contributed by atoms with E-state index in [1.165, 1.54) is 0 Å². The summed E-state index contributed by atoms with van der Waals surface area (Å²) in [6, 6.07) is 9.48. The average molecular weight is 196 g/mol. The van der Waals surface area contributed by atoms with Crippen molar-refractivity contribution in [3.63, 3.8) is 0 Å². The maximum absolute atomic E-state index is 8.47. The molecule has 72 valence electrons. The molecule has 0 unspecified atom stereocenters. The Morgan fingerprint density at radius 3 is 2.67 bits per heavy atom. The zero-order valence-corrected chi connectivity index (χ0v) is 8.01. The van der Waals surface area contributed by atoms with Gasteiger partial charge in [-0.1, -0.05) is 29.1 Å². The van der Waals surface area contributed by atoms with E-state index in [1.807, 2.05) is 24.3 Å². The van der Waals surface area contributed by atoms with Crippen LogP contribution in [0.15, 0.2) is 29.4 Å². The maximum atomic E-state index is 8.47. The van der Waals surface area contributed by atoms with E-state index in [0.717, 1.165) is 11.1 Å². The van der Waals surface area contributed by atoms with Crippen molar-refractivity contribution in [1.82, 2.24) is 0 Å². The van der Waals surface area contributed by atoms with E-state index < -0.39 is 0 Å². The van der Waals surface area contributed by atoms with Gasteiger partial charge in [-0.2, -0.15) is 5.26 Å². The molecule has 0 saturated heterocycles. The first-order chi connectivity index (χ1) is 7.36. The van der Waals surface area contributed by atoms with Crippen molar-refractivity contribution >= 4 is 0 Å². The van der Waals surface area contributed by atoms with Gasteiger partial charge in [-0.3, -0.25) is 0 Å². The summed E-state index contributed by atoms with van der Waals surface area (Å²) < 4.78 is 0. The second kappa shape index (κ2) is 6.10. The molecule has 0 amide bonds. The number of hydrogen-bond acceptors (Lipinski definition) is 2. The molecule has 0 bridgehead atoms. The molecule has 0 atom stereocenters. The Labute approximate surface area is 87.8 Å². The van der Waals surface area contributed by atoms with E-state index >= 15 is 0 Å². The molecule has 1 rings (SSSR count). The van der Waals surface area contributed by atoms with Crippen LogP contribution in [0.3, 0.4) is 0 Å². The van der Waals surface area contributed by atoms with Gasteiger partial charge in [0, 0.05) is 10.5 Å². The van der Waals surface area contributed by atoms with Gasteiger partial charge in [0.1, 0.15) is 0 Å². The van der Waals surface area contributed by atoms with Crippen LogP contribution in [0.5, 0.6) is 0 Å². The molecule has 15 heavy (non-hydrogen) atoms. The van der Waals surface area contributed by atoms with Gasteiger partial charge in [0.25, 0.3) is 0 Å². The third kappa shape index (κ3) is 3.87. The van der Waals surface area contributed by atoms with Crippen LogP contribution in [0.25, 0.3) is 10.4 Å². The molecular weight excluding hydrogens is 188 g/mol. The number of hydrogen-bond donors (Lipinski definition) is 0. The quantitative estimate of drug-likeness (QED) is 0.310. The highest BCUT2D eigenvalue weighted by Crippen LogP contribution is 2.03. The lowest BCUT2D eigenvalue weighted by molar-refractivity contribution is 1.25. The van der Waals surface area contributed by atoms with Gasteiger partial charge in [0.15, 0.2) is 0 Å². The third-order valence-electron chi connectivity index (χ3n) is 1.68. The number of rotatable bonds is 2. The van der Waals surface area contributed by atoms with Crippen molar-refractivity contribution in [3.05, 3.63) is 45.8 Å². The highest BCUT2D eigenvalue weighted by atomic mass is 15.1. The molecule has 0 aliphatic heterocycles. The molecule has 0 heterocycles. The minimum Gasteiger partial charge on any atom is -0.198 e. The Morgan fingerprint density at radius 2 is 2.07 bits per heavy atom. The summed E-state index contributed by atoms with van der Waals surface area (Å²) in [6.45, 7) is 0.177. The van der Waals surface area contributed by atoms with E-state index in [0.29, 0.717) is 6.42 Å². The summed E-state index contributed by atoms with van der Waals surface area (Å²) >= 11 is 0. The van der Waals surface area contributed by atoms with Crippen LogP contribution < -0.4 is 0 Å².